The largest absolute Gasteiger partial charge is 0.381 e. The van der Waals surface area contributed by atoms with Crippen LogP contribution in [0, 0.1) is 0 Å². The van der Waals surface area contributed by atoms with E-state index in [0.717, 1.165) is 23.2 Å². The summed E-state index contributed by atoms with van der Waals surface area (Å²) in [6, 6.07) is 7.76. The van der Waals surface area contributed by atoms with E-state index in [1.54, 1.807) is 14.2 Å². The molecule has 1 unspecified atom stereocenters. The van der Waals surface area contributed by atoms with Crippen molar-refractivity contribution in [1.82, 2.24) is 4.90 Å². The van der Waals surface area contributed by atoms with Crippen molar-refractivity contribution in [2.24, 2.45) is 0 Å². The minimum absolute atomic E-state index is 0.668. The molecule has 2 rings (SSSR count). The second kappa shape index (κ2) is 5.79. The molecule has 0 heterocycles. The monoisotopic (exact) mass is 291 g/mol. The van der Waals surface area contributed by atoms with Crippen LogP contribution in [0.3, 0.4) is 0 Å². The zero-order valence-corrected chi connectivity index (χ0v) is 13.5. The molecule has 0 saturated carbocycles. The van der Waals surface area contributed by atoms with Gasteiger partial charge in [-0.3, -0.25) is 0 Å². The fourth-order valence-corrected chi connectivity index (χ4v) is 2.86. The van der Waals surface area contributed by atoms with E-state index in [1.807, 2.05) is 56.3 Å². The van der Waals surface area contributed by atoms with Gasteiger partial charge < -0.3 is 19.5 Å². The second-order valence-corrected chi connectivity index (χ2v) is 5.85. The van der Waals surface area contributed by atoms with Crippen LogP contribution in [0.5, 0.6) is 0 Å². The maximum Gasteiger partial charge on any atom is 0.191 e. The Hall–Kier alpha value is -1.36. The summed E-state index contributed by atoms with van der Waals surface area (Å²) < 4.78 is 11.1. The number of methoxy groups -OCH3 is 2. The molecule has 4 nitrogen and oxygen atoms in total. The van der Waals surface area contributed by atoms with Crippen LogP contribution in [0.1, 0.15) is 30.9 Å². The SMILES string of the molecule is COC(C)(OC)c1ccccc1C1(O)C=C(N(C)C)CC1. The third kappa shape index (κ3) is 2.84. The van der Waals surface area contributed by atoms with E-state index in [0.29, 0.717) is 6.42 Å². The summed E-state index contributed by atoms with van der Waals surface area (Å²) in [6.45, 7) is 1.86. The Balaban J connectivity index is 2.51. The maximum atomic E-state index is 11.1. The van der Waals surface area contributed by atoms with Gasteiger partial charge in [-0.05, 0) is 31.4 Å². The molecule has 1 atom stereocenters. The molecule has 0 amide bonds. The average molecular weight is 291 g/mol. The molecule has 1 aromatic rings. The predicted octanol–water partition coefficient (Wildman–Crippen LogP) is 2.58. The van der Waals surface area contributed by atoms with Crippen LogP contribution < -0.4 is 0 Å². The summed E-state index contributed by atoms with van der Waals surface area (Å²) in [6.07, 6.45) is 3.47. The van der Waals surface area contributed by atoms with Crippen LogP contribution in [0.15, 0.2) is 36.0 Å². The van der Waals surface area contributed by atoms with Crippen molar-refractivity contribution >= 4 is 0 Å². The van der Waals surface area contributed by atoms with Crippen LogP contribution in [0.2, 0.25) is 0 Å². The fourth-order valence-electron chi connectivity index (χ4n) is 2.86. The van der Waals surface area contributed by atoms with Gasteiger partial charge in [-0.15, -0.1) is 0 Å². The molecule has 0 saturated heterocycles. The van der Waals surface area contributed by atoms with Gasteiger partial charge in [-0.2, -0.15) is 0 Å². The van der Waals surface area contributed by atoms with Gasteiger partial charge in [0.2, 0.25) is 0 Å². The van der Waals surface area contributed by atoms with E-state index in [2.05, 4.69) is 0 Å². The average Bonchev–Trinajstić information content (AvgIpc) is 2.90. The first-order chi connectivity index (χ1) is 9.86. The zero-order chi connectivity index (χ0) is 15.7. The number of rotatable bonds is 5. The molecular formula is C17H25NO3. The Labute approximate surface area is 127 Å². The topological polar surface area (TPSA) is 41.9 Å². The first kappa shape index (κ1) is 16.0. The van der Waals surface area contributed by atoms with Crippen molar-refractivity contribution in [2.75, 3.05) is 28.3 Å². The predicted molar refractivity (Wildman–Crippen MR) is 82.7 cm³/mol. The van der Waals surface area contributed by atoms with E-state index in [9.17, 15) is 5.11 Å². The van der Waals surface area contributed by atoms with Crippen LogP contribution in [0.4, 0.5) is 0 Å². The normalized spacial score (nSPS) is 22.3. The molecule has 1 aliphatic rings. The molecule has 1 aliphatic carbocycles. The number of ether oxygens (including phenoxy) is 2. The van der Waals surface area contributed by atoms with Crippen molar-refractivity contribution in [1.29, 1.82) is 0 Å². The lowest BCUT2D eigenvalue weighted by Gasteiger charge is -2.33. The van der Waals surface area contributed by atoms with Crippen molar-refractivity contribution < 1.29 is 14.6 Å². The van der Waals surface area contributed by atoms with Crippen molar-refractivity contribution in [3.8, 4) is 0 Å². The van der Waals surface area contributed by atoms with Gasteiger partial charge in [0.1, 0.15) is 5.60 Å². The Kier molecular flexibility index (Phi) is 4.42. The molecule has 0 fully saturated rings. The Bertz CT molecular complexity index is 535. The maximum absolute atomic E-state index is 11.1. The lowest BCUT2D eigenvalue weighted by Crippen LogP contribution is -2.32. The smallest absolute Gasteiger partial charge is 0.191 e. The Morgan fingerprint density at radius 3 is 2.33 bits per heavy atom. The summed E-state index contributed by atoms with van der Waals surface area (Å²) in [5, 5.41) is 11.1. The third-order valence-corrected chi connectivity index (χ3v) is 4.40. The highest BCUT2D eigenvalue weighted by molar-refractivity contribution is 5.40. The van der Waals surface area contributed by atoms with E-state index in [1.165, 1.54) is 0 Å². The molecule has 4 heteroatoms. The van der Waals surface area contributed by atoms with Crippen LogP contribution in [-0.4, -0.2) is 38.3 Å². The van der Waals surface area contributed by atoms with E-state index in [4.69, 9.17) is 9.47 Å². The van der Waals surface area contributed by atoms with E-state index >= 15 is 0 Å². The summed E-state index contributed by atoms with van der Waals surface area (Å²) in [5.74, 6) is -0.874. The highest BCUT2D eigenvalue weighted by atomic mass is 16.7. The fraction of sp³-hybridized carbons (Fsp3) is 0.529. The van der Waals surface area contributed by atoms with Gasteiger partial charge in [0, 0.05) is 39.6 Å². The number of aliphatic hydroxyl groups is 1. The molecule has 1 aromatic carbocycles. The van der Waals surface area contributed by atoms with Crippen LogP contribution in [0.25, 0.3) is 0 Å². The highest BCUT2D eigenvalue weighted by Crippen LogP contribution is 2.42. The number of allylic oxidation sites excluding steroid dienone is 1. The van der Waals surface area contributed by atoms with Crippen molar-refractivity contribution in [3.05, 3.63) is 47.2 Å². The molecule has 0 radical (unpaired) electrons. The minimum atomic E-state index is -0.978. The molecule has 0 bridgehead atoms. The summed E-state index contributed by atoms with van der Waals surface area (Å²) in [5.41, 5.74) is 1.86. The lowest BCUT2D eigenvalue weighted by atomic mass is 9.86. The number of hydrogen-bond acceptors (Lipinski definition) is 4. The van der Waals surface area contributed by atoms with E-state index < -0.39 is 11.4 Å². The zero-order valence-electron chi connectivity index (χ0n) is 13.5. The lowest BCUT2D eigenvalue weighted by molar-refractivity contribution is -0.203. The first-order valence-corrected chi connectivity index (χ1v) is 7.18. The molecule has 116 valence electrons. The summed E-state index contributed by atoms with van der Waals surface area (Å²) in [4.78, 5) is 2.05. The van der Waals surface area contributed by atoms with Crippen LogP contribution in [-0.2, 0) is 20.9 Å². The minimum Gasteiger partial charge on any atom is -0.381 e. The van der Waals surface area contributed by atoms with Crippen molar-refractivity contribution in [2.45, 2.75) is 31.2 Å². The molecule has 0 aromatic heterocycles. The van der Waals surface area contributed by atoms with Gasteiger partial charge in [0.15, 0.2) is 5.79 Å². The van der Waals surface area contributed by atoms with Gasteiger partial charge in [-0.1, -0.05) is 24.3 Å². The van der Waals surface area contributed by atoms with Gasteiger partial charge in [0.25, 0.3) is 0 Å². The number of hydrogen-bond donors (Lipinski definition) is 1. The highest BCUT2D eigenvalue weighted by Gasteiger charge is 2.39. The third-order valence-electron chi connectivity index (χ3n) is 4.40. The molecular weight excluding hydrogens is 266 g/mol. The number of nitrogens with zero attached hydrogens (tertiary/aromatic N) is 1. The quantitative estimate of drug-likeness (QED) is 0.847. The molecule has 21 heavy (non-hydrogen) atoms. The number of benzene rings is 1. The van der Waals surface area contributed by atoms with Gasteiger partial charge in [0.05, 0.1) is 0 Å². The molecule has 1 N–H and O–H groups in total. The van der Waals surface area contributed by atoms with Crippen molar-refractivity contribution in [3.63, 3.8) is 0 Å². The van der Waals surface area contributed by atoms with Gasteiger partial charge >= 0.3 is 0 Å². The Morgan fingerprint density at radius 1 is 1.19 bits per heavy atom. The van der Waals surface area contributed by atoms with Gasteiger partial charge in [-0.25, -0.2) is 0 Å². The molecule has 0 aliphatic heterocycles. The standard InChI is InChI=1S/C17H25NO3/c1-16(20-4,21-5)14-8-6-7-9-15(14)17(19)11-10-13(12-17)18(2)3/h6-9,12,19H,10-11H2,1-5H3. The summed E-state index contributed by atoms with van der Waals surface area (Å²) >= 11 is 0. The summed E-state index contributed by atoms with van der Waals surface area (Å²) in [7, 11) is 7.22. The van der Waals surface area contributed by atoms with Crippen LogP contribution >= 0.6 is 0 Å². The molecule has 0 spiro atoms. The second-order valence-electron chi connectivity index (χ2n) is 5.85. The first-order valence-electron chi connectivity index (χ1n) is 7.18. The Morgan fingerprint density at radius 2 is 1.81 bits per heavy atom. The van der Waals surface area contributed by atoms with E-state index in [-0.39, 0.29) is 0 Å².